The second kappa shape index (κ2) is 5.87. The van der Waals surface area contributed by atoms with Crippen molar-refractivity contribution in [2.45, 2.75) is 39.7 Å². The van der Waals surface area contributed by atoms with Crippen LogP contribution in [0.15, 0.2) is 30.9 Å². The first-order valence-corrected chi connectivity index (χ1v) is 7.74. The summed E-state index contributed by atoms with van der Waals surface area (Å²) in [6.45, 7) is 6.93. The maximum atomic E-state index is 10.9. The van der Waals surface area contributed by atoms with Crippen molar-refractivity contribution in [1.82, 2.24) is 19.2 Å². The van der Waals surface area contributed by atoms with Crippen molar-refractivity contribution in [1.29, 1.82) is 0 Å². The molecule has 6 heteroatoms. The van der Waals surface area contributed by atoms with Gasteiger partial charge in [-0.25, -0.2) is 9.78 Å². The van der Waals surface area contributed by atoms with E-state index in [1.807, 2.05) is 6.20 Å². The van der Waals surface area contributed by atoms with E-state index in [0.29, 0.717) is 12.5 Å². The number of hydrogen-bond acceptors (Lipinski definition) is 3. The number of rotatable bonds is 5. The molecule has 0 aliphatic carbocycles. The summed E-state index contributed by atoms with van der Waals surface area (Å²) in [5.41, 5.74) is 4.50. The van der Waals surface area contributed by atoms with Gasteiger partial charge in [0, 0.05) is 18.6 Å². The largest absolute Gasteiger partial charge is 0.478 e. The zero-order valence-corrected chi connectivity index (χ0v) is 13.5. The highest BCUT2D eigenvalue weighted by Crippen LogP contribution is 2.20. The molecule has 0 unspecified atom stereocenters. The Morgan fingerprint density at radius 2 is 2.09 bits per heavy atom. The molecule has 0 fully saturated rings. The zero-order valence-electron chi connectivity index (χ0n) is 13.5. The Morgan fingerprint density at radius 1 is 1.30 bits per heavy atom. The normalized spacial score (nSPS) is 11.5. The van der Waals surface area contributed by atoms with Crippen LogP contribution in [0.5, 0.6) is 0 Å². The highest BCUT2D eigenvalue weighted by Gasteiger charge is 2.11. The number of nitrogens with zero attached hydrogens (tertiary/aromatic N) is 4. The van der Waals surface area contributed by atoms with Crippen LogP contribution in [0, 0.1) is 0 Å². The monoisotopic (exact) mass is 312 g/mol. The predicted octanol–water partition coefficient (Wildman–Crippen LogP) is 2.96. The smallest absolute Gasteiger partial charge is 0.338 e. The minimum atomic E-state index is -0.971. The molecule has 0 saturated heterocycles. The molecule has 0 bridgehead atoms. The molecule has 0 atom stereocenters. The second-order valence-electron chi connectivity index (χ2n) is 6.00. The van der Waals surface area contributed by atoms with E-state index < -0.39 is 5.97 Å². The molecular formula is C17H20N4O2. The fourth-order valence-corrected chi connectivity index (χ4v) is 2.62. The lowest BCUT2D eigenvalue weighted by atomic mass is 10.0. The molecule has 3 rings (SSSR count). The topological polar surface area (TPSA) is 72.4 Å². The Kier molecular flexibility index (Phi) is 3.90. The van der Waals surface area contributed by atoms with Gasteiger partial charge in [0.15, 0.2) is 0 Å². The van der Waals surface area contributed by atoms with Gasteiger partial charge in [-0.3, -0.25) is 4.68 Å². The van der Waals surface area contributed by atoms with Gasteiger partial charge in [0.1, 0.15) is 5.65 Å². The third-order valence-electron chi connectivity index (χ3n) is 3.95. The molecular weight excluding hydrogens is 292 g/mol. The van der Waals surface area contributed by atoms with Crippen molar-refractivity contribution in [2.24, 2.45) is 0 Å². The highest BCUT2D eigenvalue weighted by molar-refractivity contribution is 5.86. The predicted molar refractivity (Wildman–Crippen MR) is 86.9 cm³/mol. The van der Waals surface area contributed by atoms with Gasteiger partial charge in [-0.2, -0.15) is 5.10 Å². The molecule has 0 saturated carbocycles. The van der Waals surface area contributed by atoms with E-state index in [1.165, 1.54) is 23.5 Å². The average Bonchev–Trinajstić information content (AvgIpc) is 3.12. The number of carbonyl (C=O) groups is 1. The van der Waals surface area contributed by atoms with E-state index in [4.69, 9.17) is 5.11 Å². The first kappa shape index (κ1) is 15.3. The Bertz CT molecular complexity index is 861. The maximum Gasteiger partial charge on any atom is 0.338 e. The zero-order chi connectivity index (χ0) is 16.6. The maximum absolute atomic E-state index is 10.9. The van der Waals surface area contributed by atoms with E-state index in [1.54, 1.807) is 4.68 Å². The standard InChI is InChI=1S/C17H20N4O2/c1-4-12-5-13(11(2)3)7-20-9-15(19-16(12)20)10-21-8-14(6-18-21)17(22)23/h5-9,11H,4,10H2,1-3H3,(H,22,23). The molecule has 0 aromatic carbocycles. The van der Waals surface area contributed by atoms with Gasteiger partial charge in [-0.15, -0.1) is 0 Å². The van der Waals surface area contributed by atoms with E-state index in [-0.39, 0.29) is 5.56 Å². The van der Waals surface area contributed by atoms with Crippen LogP contribution in [-0.4, -0.2) is 30.2 Å². The molecule has 1 N–H and O–H groups in total. The summed E-state index contributed by atoms with van der Waals surface area (Å²) < 4.78 is 3.66. The summed E-state index contributed by atoms with van der Waals surface area (Å²) in [6.07, 6.45) is 7.90. The van der Waals surface area contributed by atoms with E-state index in [2.05, 4.69) is 47.5 Å². The van der Waals surface area contributed by atoms with E-state index in [9.17, 15) is 4.79 Å². The number of aryl methyl sites for hydroxylation is 1. The second-order valence-corrected chi connectivity index (χ2v) is 6.00. The molecule has 3 heterocycles. The Hall–Kier alpha value is -2.63. The van der Waals surface area contributed by atoms with Crippen molar-refractivity contribution in [3.63, 3.8) is 0 Å². The lowest BCUT2D eigenvalue weighted by molar-refractivity contribution is 0.0697. The van der Waals surface area contributed by atoms with Gasteiger partial charge in [-0.05, 0) is 23.5 Å². The van der Waals surface area contributed by atoms with Crippen LogP contribution in [0.4, 0.5) is 0 Å². The summed E-state index contributed by atoms with van der Waals surface area (Å²) in [7, 11) is 0. The van der Waals surface area contributed by atoms with Gasteiger partial charge in [-0.1, -0.05) is 26.8 Å². The van der Waals surface area contributed by atoms with Crippen molar-refractivity contribution in [2.75, 3.05) is 0 Å². The number of fused-ring (bicyclic) bond motifs is 1. The van der Waals surface area contributed by atoms with Gasteiger partial charge < -0.3 is 9.51 Å². The van der Waals surface area contributed by atoms with Crippen LogP contribution in [0.2, 0.25) is 0 Å². The highest BCUT2D eigenvalue weighted by atomic mass is 16.4. The minimum Gasteiger partial charge on any atom is -0.478 e. The fourth-order valence-electron chi connectivity index (χ4n) is 2.62. The number of aromatic nitrogens is 4. The summed E-state index contributed by atoms with van der Waals surface area (Å²) >= 11 is 0. The molecule has 0 amide bonds. The average molecular weight is 312 g/mol. The van der Waals surface area contributed by atoms with E-state index in [0.717, 1.165) is 17.8 Å². The van der Waals surface area contributed by atoms with Crippen LogP contribution in [-0.2, 0) is 13.0 Å². The van der Waals surface area contributed by atoms with Crippen molar-refractivity contribution >= 4 is 11.6 Å². The number of aromatic carboxylic acids is 1. The van der Waals surface area contributed by atoms with Crippen molar-refractivity contribution in [3.8, 4) is 0 Å². The third-order valence-corrected chi connectivity index (χ3v) is 3.95. The summed E-state index contributed by atoms with van der Waals surface area (Å²) in [6, 6.07) is 2.22. The SMILES string of the molecule is CCc1cc(C(C)C)cn2cc(Cn3cc(C(=O)O)cn3)nc12. The van der Waals surface area contributed by atoms with Crippen LogP contribution < -0.4 is 0 Å². The minimum absolute atomic E-state index is 0.185. The summed E-state index contributed by atoms with van der Waals surface area (Å²) in [5, 5.41) is 13.0. The third kappa shape index (κ3) is 2.97. The van der Waals surface area contributed by atoms with Crippen molar-refractivity contribution in [3.05, 3.63) is 53.2 Å². The molecule has 0 spiro atoms. The van der Waals surface area contributed by atoms with E-state index >= 15 is 0 Å². The number of hydrogen-bond donors (Lipinski definition) is 1. The molecule has 120 valence electrons. The van der Waals surface area contributed by atoms with Crippen LogP contribution in [0.3, 0.4) is 0 Å². The molecule has 6 nitrogen and oxygen atoms in total. The first-order chi connectivity index (χ1) is 11.0. The van der Waals surface area contributed by atoms with Gasteiger partial charge in [0.2, 0.25) is 0 Å². The lowest BCUT2D eigenvalue weighted by Gasteiger charge is -2.09. The quantitative estimate of drug-likeness (QED) is 0.786. The Morgan fingerprint density at radius 3 is 2.70 bits per heavy atom. The molecule has 0 aliphatic rings. The Balaban J connectivity index is 1.97. The summed E-state index contributed by atoms with van der Waals surface area (Å²) in [4.78, 5) is 15.6. The number of carboxylic acids is 1. The van der Waals surface area contributed by atoms with Crippen LogP contribution >= 0.6 is 0 Å². The number of pyridine rings is 1. The summed E-state index contributed by atoms with van der Waals surface area (Å²) in [5.74, 6) is -0.513. The van der Waals surface area contributed by atoms with Crippen molar-refractivity contribution < 1.29 is 9.90 Å². The molecule has 0 radical (unpaired) electrons. The molecule has 3 aromatic rings. The van der Waals surface area contributed by atoms with Gasteiger partial charge in [0.05, 0.1) is 24.0 Å². The number of imidazole rings is 1. The lowest BCUT2D eigenvalue weighted by Crippen LogP contribution is -2.00. The molecule has 23 heavy (non-hydrogen) atoms. The van der Waals surface area contributed by atoms with Crippen LogP contribution in [0.1, 0.15) is 53.9 Å². The van der Waals surface area contributed by atoms with Crippen LogP contribution in [0.25, 0.3) is 5.65 Å². The number of carboxylic acid groups (broad SMARTS) is 1. The molecule has 0 aliphatic heterocycles. The van der Waals surface area contributed by atoms with Gasteiger partial charge in [0.25, 0.3) is 0 Å². The molecule has 3 aromatic heterocycles. The fraction of sp³-hybridized carbons (Fsp3) is 0.353. The Labute approximate surface area is 134 Å². The first-order valence-electron chi connectivity index (χ1n) is 7.74. The van der Waals surface area contributed by atoms with Gasteiger partial charge >= 0.3 is 5.97 Å².